The van der Waals surface area contributed by atoms with Crippen LogP contribution in [0.5, 0.6) is 5.75 Å². The van der Waals surface area contributed by atoms with Crippen LogP contribution < -0.4 is 10.1 Å². The second kappa shape index (κ2) is 6.57. The third-order valence-corrected chi connectivity index (χ3v) is 3.73. The summed E-state index contributed by atoms with van der Waals surface area (Å²) in [5.41, 5.74) is -0.197. The van der Waals surface area contributed by atoms with Crippen molar-refractivity contribution in [2.24, 2.45) is 0 Å². The number of carbonyl (C=O) groups is 1. The topological polar surface area (TPSA) is 38.3 Å². The van der Waals surface area contributed by atoms with Crippen molar-refractivity contribution < 1.29 is 9.53 Å². The molecule has 0 unspecified atom stereocenters. The first-order chi connectivity index (χ1) is 8.34. The zero-order valence-corrected chi connectivity index (χ0v) is 13.9. The number of amides is 1. The molecule has 0 atom stereocenters. The fraction of sp³-hybridized carbons (Fsp3) is 0.462. The molecule has 1 amide bonds. The molecule has 0 radical (unpaired) electrons. The molecular formula is C13H17Br2NO2. The molecule has 0 aromatic heterocycles. The lowest BCUT2D eigenvalue weighted by Gasteiger charge is -2.24. The van der Waals surface area contributed by atoms with Crippen molar-refractivity contribution in [1.82, 2.24) is 5.32 Å². The van der Waals surface area contributed by atoms with E-state index in [1.165, 1.54) is 0 Å². The number of ether oxygens (including phenoxy) is 1. The summed E-state index contributed by atoms with van der Waals surface area (Å²) < 4.78 is 7.24. The minimum absolute atomic E-state index is 0.0175. The van der Waals surface area contributed by atoms with Gasteiger partial charge < -0.3 is 10.1 Å². The van der Waals surface area contributed by atoms with E-state index in [0.717, 1.165) is 15.4 Å². The summed E-state index contributed by atoms with van der Waals surface area (Å²) in [6.45, 7) is 6.02. The first-order valence-electron chi connectivity index (χ1n) is 5.73. The highest BCUT2D eigenvalue weighted by atomic mass is 79.9. The van der Waals surface area contributed by atoms with E-state index < -0.39 is 0 Å². The molecule has 0 aliphatic heterocycles. The summed E-state index contributed by atoms with van der Waals surface area (Å²) in [5.74, 6) is 0.541. The van der Waals surface area contributed by atoms with Crippen molar-refractivity contribution in [3.05, 3.63) is 27.1 Å². The monoisotopic (exact) mass is 377 g/mol. The molecule has 3 nitrogen and oxygen atoms in total. The maximum absolute atomic E-state index is 11.7. The van der Waals surface area contributed by atoms with E-state index in [0.29, 0.717) is 5.75 Å². The van der Waals surface area contributed by atoms with Crippen molar-refractivity contribution >= 4 is 37.8 Å². The SMILES string of the molecule is CCC(C)(C)NC(=O)COc1ccc(Br)cc1Br. The van der Waals surface area contributed by atoms with Gasteiger partial charge in [-0.3, -0.25) is 4.79 Å². The van der Waals surface area contributed by atoms with Gasteiger partial charge in [0.25, 0.3) is 5.91 Å². The van der Waals surface area contributed by atoms with E-state index in [4.69, 9.17) is 4.74 Å². The van der Waals surface area contributed by atoms with Crippen LogP contribution in [0.2, 0.25) is 0 Å². The average molecular weight is 379 g/mol. The van der Waals surface area contributed by atoms with Gasteiger partial charge in [0.15, 0.2) is 6.61 Å². The predicted molar refractivity (Wildman–Crippen MR) is 79.8 cm³/mol. The second-order valence-electron chi connectivity index (χ2n) is 4.65. The predicted octanol–water partition coefficient (Wildman–Crippen LogP) is 3.90. The Morgan fingerprint density at radius 1 is 1.39 bits per heavy atom. The molecule has 1 aromatic rings. The molecule has 0 aliphatic rings. The highest BCUT2D eigenvalue weighted by Crippen LogP contribution is 2.28. The summed E-state index contributed by atoms with van der Waals surface area (Å²) in [7, 11) is 0. The molecule has 0 aliphatic carbocycles. The molecule has 18 heavy (non-hydrogen) atoms. The van der Waals surface area contributed by atoms with Crippen LogP contribution in [0.15, 0.2) is 27.1 Å². The lowest BCUT2D eigenvalue weighted by Crippen LogP contribution is -2.44. The van der Waals surface area contributed by atoms with Gasteiger partial charge in [0.2, 0.25) is 0 Å². The summed E-state index contributed by atoms with van der Waals surface area (Å²) >= 11 is 6.75. The maximum Gasteiger partial charge on any atom is 0.258 e. The van der Waals surface area contributed by atoms with E-state index in [9.17, 15) is 4.79 Å². The zero-order chi connectivity index (χ0) is 13.8. The number of hydrogen-bond donors (Lipinski definition) is 1. The Bertz CT molecular complexity index is 433. The van der Waals surface area contributed by atoms with Gasteiger partial charge in [-0.2, -0.15) is 0 Å². The minimum Gasteiger partial charge on any atom is -0.483 e. The fourth-order valence-corrected chi connectivity index (χ4v) is 2.40. The molecule has 1 aromatic carbocycles. The smallest absolute Gasteiger partial charge is 0.258 e. The number of carbonyl (C=O) groups excluding carboxylic acids is 1. The average Bonchev–Trinajstić information content (AvgIpc) is 2.27. The summed E-state index contributed by atoms with van der Waals surface area (Å²) in [6, 6.07) is 5.56. The quantitative estimate of drug-likeness (QED) is 0.843. The van der Waals surface area contributed by atoms with Gasteiger partial charge in [0, 0.05) is 10.0 Å². The molecule has 5 heteroatoms. The Kier molecular flexibility index (Phi) is 5.66. The summed E-state index contributed by atoms with van der Waals surface area (Å²) in [6.07, 6.45) is 0.876. The number of hydrogen-bond acceptors (Lipinski definition) is 2. The molecule has 0 heterocycles. The van der Waals surface area contributed by atoms with Crippen molar-refractivity contribution in [2.75, 3.05) is 6.61 Å². The Hall–Kier alpha value is -0.550. The fourth-order valence-electron chi connectivity index (χ4n) is 1.24. The largest absolute Gasteiger partial charge is 0.483 e. The van der Waals surface area contributed by atoms with Crippen molar-refractivity contribution in [1.29, 1.82) is 0 Å². The van der Waals surface area contributed by atoms with Crippen molar-refractivity contribution in [3.63, 3.8) is 0 Å². The summed E-state index contributed by atoms with van der Waals surface area (Å²) in [5, 5.41) is 2.92. The van der Waals surface area contributed by atoms with Gasteiger partial charge in [-0.15, -0.1) is 0 Å². The molecule has 1 rings (SSSR count). The first kappa shape index (κ1) is 15.5. The third kappa shape index (κ3) is 4.98. The molecule has 100 valence electrons. The molecular weight excluding hydrogens is 362 g/mol. The first-order valence-corrected chi connectivity index (χ1v) is 7.31. The number of halogens is 2. The van der Waals surface area contributed by atoms with E-state index in [1.54, 1.807) is 0 Å². The molecule has 0 spiro atoms. The lowest BCUT2D eigenvalue weighted by atomic mass is 10.0. The zero-order valence-electron chi connectivity index (χ0n) is 10.7. The lowest BCUT2D eigenvalue weighted by molar-refractivity contribution is -0.124. The van der Waals surface area contributed by atoms with Gasteiger partial charge >= 0.3 is 0 Å². The van der Waals surface area contributed by atoms with Crippen LogP contribution >= 0.6 is 31.9 Å². The molecule has 1 N–H and O–H groups in total. The standard InChI is InChI=1S/C13H17Br2NO2/c1-4-13(2,3)16-12(17)8-18-11-6-5-9(14)7-10(11)15/h5-7H,4,8H2,1-3H3,(H,16,17). The number of nitrogens with one attached hydrogen (secondary N) is 1. The maximum atomic E-state index is 11.7. The van der Waals surface area contributed by atoms with Crippen LogP contribution in [0.25, 0.3) is 0 Å². The van der Waals surface area contributed by atoms with Crippen LogP contribution in [-0.4, -0.2) is 18.1 Å². The van der Waals surface area contributed by atoms with E-state index >= 15 is 0 Å². The van der Waals surface area contributed by atoms with Crippen molar-refractivity contribution in [3.8, 4) is 5.75 Å². The number of rotatable bonds is 5. The Labute approximate surface area is 125 Å². The van der Waals surface area contributed by atoms with Crippen LogP contribution in [0.3, 0.4) is 0 Å². The van der Waals surface area contributed by atoms with Gasteiger partial charge in [0.1, 0.15) is 5.75 Å². The molecule has 0 saturated carbocycles. The van der Waals surface area contributed by atoms with Gasteiger partial charge in [-0.1, -0.05) is 22.9 Å². The van der Waals surface area contributed by atoms with Crippen molar-refractivity contribution in [2.45, 2.75) is 32.7 Å². The van der Waals surface area contributed by atoms with Crippen LogP contribution in [0.1, 0.15) is 27.2 Å². The molecule has 0 saturated heterocycles. The Morgan fingerprint density at radius 2 is 2.06 bits per heavy atom. The molecule has 0 bridgehead atoms. The normalized spacial score (nSPS) is 11.2. The minimum atomic E-state index is -0.197. The Balaban J connectivity index is 2.53. The third-order valence-electron chi connectivity index (χ3n) is 2.61. The van der Waals surface area contributed by atoms with Gasteiger partial charge in [0.05, 0.1) is 4.47 Å². The van der Waals surface area contributed by atoms with Gasteiger partial charge in [-0.25, -0.2) is 0 Å². The van der Waals surface area contributed by atoms with E-state index in [2.05, 4.69) is 37.2 Å². The molecule has 0 fully saturated rings. The Morgan fingerprint density at radius 3 is 2.61 bits per heavy atom. The van der Waals surface area contributed by atoms with E-state index in [-0.39, 0.29) is 18.1 Å². The highest BCUT2D eigenvalue weighted by molar-refractivity contribution is 9.11. The highest BCUT2D eigenvalue weighted by Gasteiger charge is 2.18. The van der Waals surface area contributed by atoms with E-state index in [1.807, 2.05) is 39.0 Å². The van der Waals surface area contributed by atoms with Crippen LogP contribution in [0, 0.1) is 0 Å². The van der Waals surface area contributed by atoms with Crippen LogP contribution in [-0.2, 0) is 4.79 Å². The number of benzene rings is 1. The van der Waals surface area contributed by atoms with Crippen LogP contribution in [0.4, 0.5) is 0 Å². The van der Waals surface area contributed by atoms with Gasteiger partial charge in [-0.05, 0) is 54.4 Å². The second-order valence-corrected chi connectivity index (χ2v) is 6.42. The summed E-state index contributed by atoms with van der Waals surface area (Å²) in [4.78, 5) is 11.7.